The molecule has 0 spiro atoms. The molecule has 0 radical (unpaired) electrons. The van der Waals surface area contributed by atoms with Crippen molar-refractivity contribution < 1.29 is 5.11 Å². The van der Waals surface area contributed by atoms with Crippen LogP contribution in [0.5, 0.6) is 0 Å². The maximum absolute atomic E-state index is 9.34. The van der Waals surface area contributed by atoms with Gasteiger partial charge < -0.3 is 9.67 Å². The lowest BCUT2D eigenvalue weighted by molar-refractivity contribution is 0.281. The Balaban J connectivity index is 2.37. The van der Waals surface area contributed by atoms with Crippen molar-refractivity contribution in [3.8, 4) is 11.3 Å². The quantitative estimate of drug-likeness (QED) is 0.879. The molecule has 0 aliphatic rings. The first-order valence-corrected chi connectivity index (χ1v) is 6.94. The molecule has 19 heavy (non-hydrogen) atoms. The summed E-state index contributed by atoms with van der Waals surface area (Å²) in [5.41, 5.74) is 5.89. The van der Waals surface area contributed by atoms with Crippen LogP contribution in [0.4, 0.5) is 0 Å². The molecule has 2 nitrogen and oxygen atoms in total. The van der Waals surface area contributed by atoms with Gasteiger partial charge in [0.25, 0.3) is 0 Å². The molecular weight excluding hydrogens is 234 g/mol. The summed E-state index contributed by atoms with van der Waals surface area (Å²) in [5.74, 6) is 0.609. The van der Waals surface area contributed by atoms with E-state index in [1.54, 1.807) is 0 Å². The molecule has 1 N–H and O–H groups in total. The number of hydrogen-bond donors (Lipinski definition) is 1. The zero-order valence-corrected chi connectivity index (χ0v) is 12.3. The average Bonchev–Trinajstić information content (AvgIpc) is 2.74. The minimum absolute atomic E-state index is 0.102. The van der Waals surface area contributed by atoms with Crippen LogP contribution in [0.15, 0.2) is 30.3 Å². The number of aliphatic hydroxyl groups is 1. The monoisotopic (exact) mass is 257 g/mol. The van der Waals surface area contributed by atoms with E-state index in [9.17, 15) is 5.11 Å². The summed E-state index contributed by atoms with van der Waals surface area (Å²) in [4.78, 5) is 0. The summed E-state index contributed by atoms with van der Waals surface area (Å²) < 4.78 is 2.14. The number of aliphatic hydroxyl groups excluding tert-OH is 1. The lowest BCUT2D eigenvalue weighted by Crippen LogP contribution is -1.96. The van der Waals surface area contributed by atoms with Gasteiger partial charge in [0.15, 0.2) is 0 Å². The summed E-state index contributed by atoms with van der Waals surface area (Å²) in [7, 11) is 2.05. The van der Waals surface area contributed by atoms with Crippen LogP contribution in [0.25, 0.3) is 11.3 Å². The van der Waals surface area contributed by atoms with Crippen molar-refractivity contribution in [2.45, 2.75) is 39.7 Å². The topological polar surface area (TPSA) is 25.2 Å². The zero-order chi connectivity index (χ0) is 14.0. The standard InChI is InChI=1S/C17H23NO/c1-5-12(2)14-6-8-15(9-7-14)17-10-16(11-19)13(3)18(17)4/h6-10,12,19H,5,11H2,1-4H3. The molecule has 2 heteroatoms. The fraction of sp³-hybridized carbons (Fsp3) is 0.412. The molecule has 0 fully saturated rings. The van der Waals surface area contributed by atoms with Crippen LogP contribution >= 0.6 is 0 Å². The lowest BCUT2D eigenvalue weighted by Gasteiger charge is -2.10. The molecule has 1 aromatic carbocycles. The van der Waals surface area contributed by atoms with E-state index in [1.165, 1.54) is 11.1 Å². The van der Waals surface area contributed by atoms with Gasteiger partial charge in [-0.25, -0.2) is 0 Å². The largest absolute Gasteiger partial charge is 0.392 e. The minimum atomic E-state index is 0.102. The third-order valence-corrected chi connectivity index (χ3v) is 4.20. The Labute approximate surface area is 115 Å². The van der Waals surface area contributed by atoms with E-state index in [2.05, 4.69) is 48.7 Å². The molecule has 1 atom stereocenters. The summed E-state index contributed by atoms with van der Waals surface area (Å²) >= 11 is 0. The van der Waals surface area contributed by atoms with Crippen molar-refractivity contribution in [3.63, 3.8) is 0 Å². The van der Waals surface area contributed by atoms with Crippen molar-refractivity contribution in [3.05, 3.63) is 47.2 Å². The Bertz CT molecular complexity index is 551. The van der Waals surface area contributed by atoms with E-state index >= 15 is 0 Å². The van der Waals surface area contributed by atoms with Gasteiger partial charge in [-0.15, -0.1) is 0 Å². The van der Waals surface area contributed by atoms with Crippen molar-refractivity contribution >= 4 is 0 Å². The number of aromatic nitrogens is 1. The highest BCUT2D eigenvalue weighted by atomic mass is 16.3. The van der Waals surface area contributed by atoms with Crippen molar-refractivity contribution in [1.82, 2.24) is 4.57 Å². The number of hydrogen-bond acceptors (Lipinski definition) is 1. The first kappa shape index (κ1) is 13.9. The second-order valence-corrected chi connectivity index (χ2v) is 5.29. The SMILES string of the molecule is CCC(C)c1ccc(-c2cc(CO)c(C)n2C)cc1. The van der Waals surface area contributed by atoms with Crippen LogP contribution in [0.1, 0.15) is 43.0 Å². The lowest BCUT2D eigenvalue weighted by atomic mass is 9.97. The van der Waals surface area contributed by atoms with E-state index in [0.717, 1.165) is 23.4 Å². The van der Waals surface area contributed by atoms with Crippen molar-refractivity contribution in [1.29, 1.82) is 0 Å². The Morgan fingerprint density at radius 1 is 1.21 bits per heavy atom. The summed E-state index contributed by atoms with van der Waals surface area (Å²) in [6, 6.07) is 10.9. The van der Waals surface area contributed by atoms with E-state index < -0.39 is 0 Å². The van der Waals surface area contributed by atoms with E-state index in [0.29, 0.717) is 5.92 Å². The molecule has 0 bridgehead atoms. The summed E-state index contributed by atoms with van der Waals surface area (Å²) in [6.07, 6.45) is 1.16. The van der Waals surface area contributed by atoms with Gasteiger partial charge in [0.2, 0.25) is 0 Å². The molecule has 102 valence electrons. The molecular formula is C17H23NO. The Hall–Kier alpha value is -1.54. The van der Waals surface area contributed by atoms with Crippen molar-refractivity contribution in [2.24, 2.45) is 7.05 Å². The molecule has 1 heterocycles. The third-order valence-electron chi connectivity index (χ3n) is 4.20. The van der Waals surface area contributed by atoms with Gasteiger partial charge in [0.05, 0.1) is 6.61 Å². The van der Waals surface area contributed by atoms with Crippen LogP contribution in [-0.4, -0.2) is 9.67 Å². The average molecular weight is 257 g/mol. The molecule has 0 saturated heterocycles. The van der Waals surface area contributed by atoms with Crippen LogP contribution in [0.3, 0.4) is 0 Å². The maximum Gasteiger partial charge on any atom is 0.0699 e. The molecule has 2 rings (SSSR count). The van der Waals surface area contributed by atoms with Gasteiger partial charge in [-0.05, 0) is 42.0 Å². The van der Waals surface area contributed by atoms with Gasteiger partial charge in [-0.3, -0.25) is 0 Å². The predicted molar refractivity (Wildman–Crippen MR) is 80.2 cm³/mol. The summed E-state index contributed by atoms with van der Waals surface area (Å²) in [5, 5.41) is 9.34. The van der Waals surface area contributed by atoms with Gasteiger partial charge in [0, 0.05) is 18.4 Å². The number of nitrogens with zero attached hydrogens (tertiary/aromatic N) is 1. The third kappa shape index (κ3) is 2.59. The zero-order valence-electron chi connectivity index (χ0n) is 12.3. The molecule has 1 unspecified atom stereocenters. The van der Waals surface area contributed by atoms with Gasteiger partial charge in [0.1, 0.15) is 0 Å². The fourth-order valence-electron chi connectivity index (χ4n) is 2.42. The van der Waals surface area contributed by atoms with Gasteiger partial charge in [-0.2, -0.15) is 0 Å². The second kappa shape index (κ2) is 5.62. The highest BCUT2D eigenvalue weighted by Gasteiger charge is 2.10. The van der Waals surface area contributed by atoms with Gasteiger partial charge in [-0.1, -0.05) is 38.1 Å². The first-order chi connectivity index (χ1) is 9.08. The summed E-state index contributed by atoms with van der Waals surface area (Å²) in [6.45, 7) is 6.62. The minimum Gasteiger partial charge on any atom is -0.392 e. The number of rotatable bonds is 4. The van der Waals surface area contributed by atoms with E-state index in [4.69, 9.17) is 0 Å². The van der Waals surface area contributed by atoms with Crippen LogP contribution in [0, 0.1) is 6.92 Å². The Morgan fingerprint density at radius 3 is 2.32 bits per heavy atom. The fourth-order valence-corrected chi connectivity index (χ4v) is 2.42. The number of benzene rings is 1. The highest BCUT2D eigenvalue weighted by molar-refractivity contribution is 5.63. The van der Waals surface area contributed by atoms with E-state index in [1.807, 2.05) is 14.0 Å². The first-order valence-electron chi connectivity index (χ1n) is 6.94. The smallest absolute Gasteiger partial charge is 0.0699 e. The second-order valence-electron chi connectivity index (χ2n) is 5.29. The predicted octanol–water partition coefficient (Wildman–Crippen LogP) is 4.01. The Kier molecular flexibility index (Phi) is 4.11. The molecule has 0 saturated carbocycles. The highest BCUT2D eigenvalue weighted by Crippen LogP contribution is 2.27. The maximum atomic E-state index is 9.34. The molecule has 1 aromatic heterocycles. The molecule has 2 aromatic rings. The molecule has 0 aliphatic carbocycles. The van der Waals surface area contributed by atoms with Crippen molar-refractivity contribution in [2.75, 3.05) is 0 Å². The Morgan fingerprint density at radius 2 is 1.84 bits per heavy atom. The van der Waals surface area contributed by atoms with Crippen LogP contribution < -0.4 is 0 Å². The van der Waals surface area contributed by atoms with E-state index in [-0.39, 0.29) is 6.61 Å². The van der Waals surface area contributed by atoms with Crippen LogP contribution in [-0.2, 0) is 13.7 Å². The van der Waals surface area contributed by atoms with Crippen LogP contribution in [0.2, 0.25) is 0 Å². The molecule has 0 aliphatic heterocycles. The normalized spacial score (nSPS) is 12.7. The van der Waals surface area contributed by atoms with Gasteiger partial charge >= 0.3 is 0 Å². The molecule has 0 amide bonds.